The minimum atomic E-state index is 0.126. The van der Waals surface area contributed by atoms with Crippen molar-refractivity contribution in [3.8, 4) is 0 Å². The third-order valence-electron chi connectivity index (χ3n) is 4.40. The van der Waals surface area contributed by atoms with Crippen LogP contribution in [0.25, 0.3) is 0 Å². The van der Waals surface area contributed by atoms with Crippen molar-refractivity contribution in [2.45, 2.75) is 64.3 Å². The number of rotatable bonds is 1. The molecule has 1 aromatic carbocycles. The van der Waals surface area contributed by atoms with Gasteiger partial charge in [0.25, 0.3) is 0 Å². The van der Waals surface area contributed by atoms with E-state index in [2.05, 4.69) is 52.8 Å². The van der Waals surface area contributed by atoms with E-state index >= 15 is 0 Å². The first-order valence-electron chi connectivity index (χ1n) is 6.64. The molecule has 1 aliphatic carbocycles. The predicted octanol–water partition coefficient (Wildman–Crippen LogP) is 4.06. The monoisotopic (exact) mass is 231 g/mol. The summed E-state index contributed by atoms with van der Waals surface area (Å²) in [7, 11) is 0. The lowest BCUT2D eigenvalue weighted by Gasteiger charge is -2.42. The molecule has 0 amide bonds. The number of nitrogens with two attached hydrogens (primary N) is 1. The summed E-state index contributed by atoms with van der Waals surface area (Å²) in [5.74, 6) is 0. The number of hydrogen-bond acceptors (Lipinski definition) is 1. The van der Waals surface area contributed by atoms with Crippen molar-refractivity contribution < 1.29 is 0 Å². The first kappa shape index (κ1) is 12.6. The van der Waals surface area contributed by atoms with Gasteiger partial charge >= 0.3 is 0 Å². The Bertz CT molecular complexity index is 427. The van der Waals surface area contributed by atoms with E-state index in [0.717, 1.165) is 0 Å². The first-order valence-corrected chi connectivity index (χ1v) is 6.64. The fourth-order valence-electron chi connectivity index (χ4n) is 2.89. The van der Waals surface area contributed by atoms with Crippen LogP contribution in [-0.4, -0.2) is 0 Å². The van der Waals surface area contributed by atoms with Crippen molar-refractivity contribution in [2.75, 3.05) is 0 Å². The van der Waals surface area contributed by atoms with Crippen LogP contribution in [0.5, 0.6) is 0 Å². The molecule has 2 rings (SSSR count). The van der Waals surface area contributed by atoms with Crippen LogP contribution in [0.1, 0.15) is 70.2 Å². The topological polar surface area (TPSA) is 26.0 Å². The van der Waals surface area contributed by atoms with Crippen LogP contribution in [0.3, 0.4) is 0 Å². The minimum absolute atomic E-state index is 0.126. The molecule has 1 atom stereocenters. The van der Waals surface area contributed by atoms with Gasteiger partial charge in [-0.05, 0) is 47.3 Å². The van der Waals surface area contributed by atoms with Crippen LogP contribution < -0.4 is 5.73 Å². The average Bonchev–Trinajstić information content (AvgIpc) is 2.24. The van der Waals surface area contributed by atoms with Gasteiger partial charge in [-0.3, -0.25) is 0 Å². The minimum Gasteiger partial charge on any atom is -0.324 e. The molecule has 17 heavy (non-hydrogen) atoms. The maximum atomic E-state index is 6.00. The van der Waals surface area contributed by atoms with E-state index < -0.39 is 0 Å². The van der Waals surface area contributed by atoms with E-state index in [-0.39, 0.29) is 11.5 Å². The summed E-state index contributed by atoms with van der Waals surface area (Å²) in [6.07, 6.45) is 2.53. The Labute approximate surface area is 105 Å². The second-order valence-electron chi connectivity index (χ2n) is 6.86. The van der Waals surface area contributed by atoms with Crippen LogP contribution in [0, 0.1) is 0 Å². The Morgan fingerprint density at radius 1 is 1.00 bits per heavy atom. The molecule has 0 aliphatic heterocycles. The molecule has 1 nitrogen and oxygen atoms in total. The molecule has 0 aromatic heterocycles. The van der Waals surface area contributed by atoms with Gasteiger partial charge in [-0.15, -0.1) is 0 Å². The number of benzene rings is 1. The van der Waals surface area contributed by atoms with Gasteiger partial charge in [-0.25, -0.2) is 0 Å². The van der Waals surface area contributed by atoms with E-state index in [0.29, 0.717) is 5.41 Å². The smallest absolute Gasteiger partial charge is 0.0266 e. The Balaban J connectivity index is 2.60. The number of hydrogen-bond donors (Lipinski definition) is 1. The molecule has 94 valence electrons. The molecule has 1 unspecified atom stereocenters. The van der Waals surface area contributed by atoms with Crippen molar-refractivity contribution in [2.24, 2.45) is 5.73 Å². The largest absolute Gasteiger partial charge is 0.324 e. The van der Waals surface area contributed by atoms with E-state index in [9.17, 15) is 0 Å². The first-order chi connectivity index (χ1) is 7.74. The molecular weight excluding hydrogens is 206 g/mol. The summed E-state index contributed by atoms with van der Waals surface area (Å²) < 4.78 is 0. The van der Waals surface area contributed by atoms with Gasteiger partial charge in [-0.1, -0.05) is 45.9 Å². The van der Waals surface area contributed by atoms with Gasteiger partial charge in [0, 0.05) is 6.04 Å². The molecule has 1 heteroatoms. The fraction of sp³-hybridized carbons (Fsp3) is 0.625. The Hall–Kier alpha value is -0.820. The van der Waals surface area contributed by atoms with Crippen LogP contribution >= 0.6 is 0 Å². The lowest BCUT2D eigenvalue weighted by molar-refractivity contribution is 0.331. The highest BCUT2D eigenvalue weighted by atomic mass is 14.6. The molecule has 2 N–H and O–H groups in total. The van der Waals surface area contributed by atoms with Crippen LogP contribution in [0.4, 0.5) is 0 Å². The Kier molecular flexibility index (Phi) is 2.86. The second-order valence-corrected chi connectivity index (χ2v) is 6.86. The zero-order valence-electron chi connectivity index (χ0n) is 11.8. The molecule has 0 fully saturated rings. The predicted molar refractivity (Wildman–Crippen MR) is 74.3 cm³/mol. The highest BCUT2D eigenvalue weighted by Gasteiger charge is 2.36. The quantitative estimate of drug-likeness (QED) is 0.775. The molecule has 1 aliphatic rings. The van der Waals surface area contributed by atoms with Gasteiger partial charge in [0.1, 0.15) is 0 Å². The third kappa shape index (κ3) is 2.13. The zero-order valence-corrected chi connectivity index (χ0v) is 11.8. The van der Waals surface area contributed by atoms with Gasteiger partial charge in [-0.2, -0.15) is 0 Å². The summed E-state index contributed by atoms with van der Waals surface area (Å²) in [6.45, 7) is 11.5. The van der Waals surface area contributed by atoms with Crippen molar-refractivity contribution >= 4 is 0 Å². The SMILES string of the molecule is CC(N)c1ccc2c(c1)C(C)(C)CCC2(C)C. The van der Waals surface area contributed by atoms with E-state index in [1.165, 1.54) is 29.5 Å². The van der Waals surface area contributed by atoms with Crippen LogP contribution in [0.2, 0.25) is 0 Å². The lowest BCUT2D eigenvalue weighted by Crippen LogP contribution is -2.34. The average molecular weight is 231 g/mol. The van der Waals surface area contributed by atoms with E-state index in [1.54, 1.807) is 0 Å². The standard InChI is InChI=1S/C16H25N/c1-11(17)12-6-7-13-14(10-12)16(4,5)9-8-15(13,2)3/h6-7,10-11H,8-9,17H2,1-5H3. The fourth-order valence-corrected chi connectivity index (χ4v) is 2.89. The molecule has 0 radical (unpaired) electrons. The van der Waals surface area contributed by atoms with Gasteiger partial charge in [0.15, 0.2) is 0 Å². The van der Waals surface area contributed by atoms with E-state index in [4.69, 9.17) is 5.73 Å². The van der Waals surface area contributed by atoms with Crippen molar-refractivity contribution in [1.29, 1.82) is 0 Å². The van der Waals surface area contributed by atoms with Crippen molar-refractivity contribution in [1.82, 2.24) is 0 Å². The molecule has 0 saturated carbocycles. The van der Waals surface area contributed by atoms with E-state index in [1.807, 2.05) is 0 Å². The van der Waals surface area contributed by atoms with Crippen LogP contribution in [-0.2, 0) is 10.8 Å². The van der Waals surface area contributed by atoms with Crippen molar-refractivity contribution in [3.63, 3.8) is 0 Å². The van der Waals surface area contributed by atoms with Crippen LogP contribution in [0.15, 0.2) is 18.2 Å². The highest BCUT2D eigenvalue weighted by Crippen LogP contribution is 2.46. The molecule has 0 bridgehead atoms. The molecule has 0 saturated heterocycles. The van der Waals surface area contributed by atoms with Crippen molar-refractivity contribution in [3.05, 3.63) is 34.9 Å². The van der Waals surface area contributed by atoms with Gasteiger partial charge in [0.05, 0.1) is 0 Å². The Morgan fingerprint density at radius 3 is 2.06 bits per heavy atom. The summed E-state index contributed by atoms with van der Waals surface area (Å²) in [5, 5.41) is 0. The van der Waals surface area contributed by atoms with Gasteiger partial charge in [0.2, 0.25) is 0 Å². The zero-order chi connectivity index (χ0) is 12.8. The maximum absolute atomic E-state index is 6.00. The molecule has 1 aromatic rings. The Morgan fingerprint density at radius 2 is 1.53 bits per heavy atom. The maximum Gasteiger partial charge on any atom is 0.0266 e. The lowest BCUT2D eigenvalue weighted by atomic mass is 9.63. The summed E-state index contributed by atoms with van der Waals surface area (Å²) >= 11 is 0. The third-order valence-corrected chi connectivity index (χ3v) is 4.40. The highest BCUT2D eigenvalue weighted by molar-refractivity contribution is 5.44. The molecular formula is C16H25N. The molecule has 0 spiro atoms. The molecule has 0 heterocycles. The summed E-state index contributed by atoms with van der Waals surface area (Å²) in [5.41, 5.74) is 10.9. The second kappa shape index (κ2) is 3.84. The summed E-state index contributed by atoms with van der Waals surface area (Å²) in [6, 6.07) is 6.96. The van der Waals surface area contributed by atoms with Gasteiger partial charge < -0.3 is 5.73 Å². The normalized spacial score (nSPS) is 22.9. The number of fused-ring (bicyclic) bond motifs is 1. The summed E-state index contributed by atoms with van der Waals surface area (Å²) in [4.78, 5) is 0.